The van der Waals surface area contributed by atoms with Crippen LogP contribution < -0.4 is 4.74 Å². The standard InChI is InChI=1S/C35H38O/c1-3-5-7-8-9-10-28-13-18-31(19-14-28)32-20-15-29(16-21-32)11-12-30-17-22-34-27-35(36-25-6-4-2)24-23-33(34)26-30/h13-24,26-27H,3-10,25H2,1-2H3. The number of ether oxygens (including phenoxy) is 1. The van der Waals surface area contributed by atoms with Gasteiger partial charge in [0.05, 0.1) is 6.61 Å². The van der Waals surface area contributed by atoms with Crippen molar-refractivity contribution in [2.24, 2.45) is 0 Å². The molecular formula is C35H38O. The van der Waals surface area contributed by atoms with E-state index in [-0.39, 0.29) is 0 Å². The van der Waals surface area contributed by atoms with Crippen molar-refractivity contribution in [2.45, 2.75) is 65.2 Å². The lowest BCUT2D eigenvalue weighted by Crippen LogP contribution is -1.96. The average molecular weight is 475 g/mol. The van der Waals surface area contributed by atoms with Crippen LogP contribution in [0.5, 0.6) is 5.75 Å². The zero-order valence-electron chi connectivity index (χ0n) is 21.9. The molecule has 0 atom stereocenters. The molecule has 0 saturated carbocycles. The van der Waals surface area contributed by atoms with Gasteiger partial charge in [-0.2, -0.15) is 0 Å². The molecule has 4 aromatic rings. The summed E-state index contributed by atoms with van der Waals surface area (Å²) in [7, 11) is 0. The van der Waals surface area contributed by atoms with Crippen LogP contribution in [-0.2, 0) is 6.42 Å². The first-order valence-corrected chi connectivity index (χ1v) is 13.6. The van der Waals surface area contributed by atoms with E-state index >= 15 is 0 Å². The smallest absolute Gasteiger partial charge is 0.119 e. The van der Waals surface area contributed by atoms with Crippen LogP contribution in [0, 0.1) is 11.8 Å². The molecule has 1 nitrogen and oxygen atoms in total. The zero-order valence-corrected chi connectivity index (χ0v) is 21.9. The molecule has 0 N–H and O–H groups in total. The van der Waals surface area contributed by atoms with Crippen LogP contribution in [0.15, 0.2) is 84.9 Å². The summed E-state index contributed by atoms with van der Waals surface area (Å²) in [5.41, 5.74) is 5.99. The molecule has 184 valence electrons. The fraction of sp³-hybridized carbons (Fsp3) is 0.314. The van der Waals surface area contributed by atoms with Crippen LogP contribution in [0.1, 0.15) is 75.5 Å². The lowest BCUT2D eigenvalue weighted by molar-refractivity contribution is 0.310. The molecule has 0 aliphatic carbocycles. The van der Waals surface area contributed by atoms with Crippen molar-refractivity contribution in [3.63, 3.8) is 0 Å². The van der Waals surface area contributed by atoms with Gasteiger partial charge in [0.25, 0.3) is 0 Å². The van der Waals surface area contributed by atoms with Gasteiger partial charge in [-0.25, -0.2) is 0 Å². The van der Waals surface area contributed by atoms with Gasteiger partial charge >= 0.3 is 0 Å². The largest absolute Gasteiger partial charge is 0.494 e. The number of hydrogen-bond donors (Lipinski definition) is 0. The maximum atomic E-state index is 5.84. The maximum Gasteiger partial charge on any atom is 0.119 e. The van der Waals surface area contributed by atoms with Gasteiger partial charge in [0.1, 0.15) is 5.75 Å². The molecule has 4 aromatic carbocycles. The van der Waals surface area contributed by atoms with E-state index in [0.717, 1.165) is 36.3 Å². The lowest BCUT2D eigenvalue weighted by atomic mass is 10.00. The Kier molecular flexibility index (Phi) is 9.63. The summed E-state index contributed by atoms with van der Waals surface area (Å²) in [6, 6.07) is 30.3. The minimum Gasteiger partial charge on any atom is -0.494 e. The average Bonchev–Trinajstić information content (AvgIpc) is 2.92. The van der Waals surface area contributed by atoms with Crippen LogP contribution >= 0.6 is 0 Å². The van der Waals surface area contributed by atoms with E-state index in [0.29, 0.717) is 0 Å². The van der Waals surface area contributed by atoms with E-state index in [2.05, 4.69) is 105 Å². The van der Waals surface area contributed by atoms with E-state index in [1.807, 2.05) is 6.07 Å². The van der Waals surface area contributed by atoms with Crippen molar-refractivity contribution in [3.8, 4) is 28.7 Å². The van der Waals surface area contributed by atoms with Gasteiger partial charge in [-0.15, -0.1) is 0 Å². The monoisotopic (exact) mass is 474 g/mol. The fourth-order valence-electron chi connectivity index (χ4n) is 4.41. The molecule has 0 aliphatic rings. The quantitative estimate of drug-likeness (QED) is 0.155. The predicted octanol–water partition coefficient (Wildman–Crippen LogP) is 9.60. The van der Waals surface area contributed by atoms with Crippen molar-refractivity contribution in [2.75, 3.05) is 6.61 Å². The third-order valence-electron chi connectivity index (χ3n) is 6.67. The SMILES string of the molecule is CCCCCCCc1ccc(-c2ccc(C#Cc3ccc4cc(OCCCC)ccc4c3)cc2)cc1. The summed E-state index contributed by atoms with van der Waals surface area (Å²) >= 11 is 0. The third kappa shape index (κ3) is 7.50. The Hall–Kier alpha value is -3.50. The summed E-state index contributed by atoms with van der Waals surface area (Å²) in [5, 5.41) is 2.37. The van der Waals surface area contributed by atoms with Crippen molar-refractivity contribution >= 4 is 10.8 Å². The molecule has 0 fully saturated rings. The minimum absolute atomic E-state index is 0.773. The number of fused-ring (bicyclic) bond motifs is 1. The molecule has 36 heavy (non-hydrogen) atoms. The molecule has 0 aliphatic heterocycles. The normalized spacial score (nSPS) is 10.7. The Morgan fingerprint density at radius 1 is 0.556 bits per heavy atom. The minimum atomic E-state index is 0.773. The molecule has 0 aromatic heterocycles. The van der Waals surface area contributed by atoms with Gasteiger partial charge in [0.15, 0.2) is 0 Å². The Morgan fingerprint density at radius 3 is 1.92 bits per heavy atom. The van der Waals surface area contributed by atoms with E-state index in [9.17, 15) is 0 Å². The first kappa shape index (κ1) is 25.6. The number of aryl methyl sites for hydroxylation is 1. The molecule has 0 radical (unpaired) electrons. The number of hydrogen-bond acceptors (Lipinski definition) is 1. The summed E-state index contributed by atoms with van der Waals surface area (Å²) in [6.07, 6.45) is 10.1. The summed E-state index contributed by atoms with van der Waals surface area (Å²) < 4.78 is 5.84. The van der Waals surface area contributed by atoms with Gasteiger partial charge in [0.2, 0.25) is 0 Å². The fourth-order valence-corrected chi connectivity index (χ4v) is 4.41. The second kappa shape index (κ2) is 13.6. The highest BCUT2D eigenvalue weighted by Crippen LogP contribution is 2.23. The molecule has 0 bridgehead atoms. The van der Waals surface area contributed by atoms with Gasteiger partial charge in [-0.05, 0) is 83.1 Å². The van der Waals surface area contributed by atoms with Crippen LogP contribution in [0.25, 0.3) is 21.9 Å². The second-order valence-electron chi connectivity index (χ2n) is 9.61. The van der Waals surface area contributed by atoms with Crippen LogP contribution in [0.3, 0.4) is 0 Å². The molecule has 0 spiro atoms. The van der Waals surface area contributed by atoms with E-state index in [1.165, 1.54) is 66.0 Å². The van der Waals surface area contributed by atoms with Gasteiger partial charge in [-0.1, -0.05) is 106 Å². The molecule has 0 unspecified atom stereocenters. The van der Waals surface area contributed by atoms with Crippen LogP contribution in [0.2, 0.25) is 0 Å². The van der Waals surface area contributed by atoms with E-state index in [4.69, 9.17) is 4.74 Å². The topological polar surface area (TPSA) is 9.23 Å². The second-order valence-corrected chi connectivity index (χ2v) is 9.61. The molecule has 0 saturated heterocycles. The third-order valence-corrected chi connectivity index (χ3v) is 6.67. The summed E-state index contributed by atoms with van der Waals surface area (Å²) in [4.78, 5) is 0. The first-order chi connectivity index (χ1) is 17.7. The molecule has 4 rings (SSSR count). The molecule has 1 heteroatoms. The zero-order chi connectivity index (χ0) is 25.0. The highest BCUT2D eigenvalue weighted by atomic mass is 16.5. The van der Waals surface area contributed by atoms with Gasteiger partial charge < -0.3 is 4.74 Å². The van der Waals surface area contributed by atoms with Crippen molar-refractivity contribution in [3.05, 3.63) is 102 Å². The van der Waals surface area contributed by atoms with E-state index in [1.54, 1.807) is 0 Å². The van der Waals surface area contributed by atoms with Gasteiger partial charge in [-0.3, -0.25) is 0 Å². The van der Waals surface area contributed by atoms with Gasteiger partial charge in [0, 0.05) is 11.1 Å². The van der Waals surface area contributed by atoms with E-state index < -0.39 is 0 Å². The Balaban J connectivity index is 1.36. The van der Waals surface area contributed by atoms with Crippen molar-refractivity contribution < 1.29 is 4.74 Å². The number of rotatable bonds is 11. The predicted molar refractivity (Wildman–Crippen MR) is 155 cm³/mol. The Labute approximate surface area is 217 Å². The van der Waals surface area contributed by atoms with Crippen LogP contribution in [-0.4, -0.2) is 6.61 Å². The molecule has 0 heterocycles. The summed E-state index contributed by atoms with van der Waals surface area (Å²) in [6.45, 7) is 5.22. The molecular weight excluding hydrogens is 436 g/mol. The highest BCUT2D eigenvalue weighted by molar-refractivity contribution is 5.85. The lowest BCUT2D eigenvalue weighted by Gasteiger charge is -2.07. The molecule has 0 amide bonds. The Morgan fingerprint density at radius 2 is 1.17 bits per heavy atom. The highest BCUT2D eigenvalue weighted by Gasteiger charge is 2.01. The Bertz CT molecular complexity index is 1290. The number of unbranched alkanes of at least 4 members (excludes halogenated alkanes) is 5. The maximum absolute atomic E-state index is 5.84. The van der Waals surface area contributed by atoms with Crippen molar-refractivity contribution in [1.29, 1.82) is 0 Å². The van der Waals surface area contributed by atoms with Crippen LogP contribution in [0.4, 0.5) is 0 Å². The van der Waals surface area contributed by atoms with Crippen molar-refractivity contribution in [1.82, 2.24) is 0 Å². The first-order valence-electron chi connectivity index (χ1n) is 13.6. The number of benzene rings is 4. The summed E-state index contributed by atoms with van der Waals surface area (Å²) in [5.74, 6) is 7.59.